The molecule has 1 N–H and O–H groups in total. The summed E-state index contributed by atoms with van der Waals surface area (Å²) in [5.41, 5.74) is 0.954. The summed E-state index contributed by atoms with van der Waals surface area (Å²) in [6.45, 7) is 11.0. The quantitative estimate of drug-likeness (QED) is 0.757. The standard InChI is InChI=1S/C14H24N2O2/c1-5-15-11-12-7-6-8-16-13(12)17-9-10-18-14(2,3)4/h6-8,15H,5,9-11H2,1-4H3. The van der Waals surface area contributed by atoms with Gasteiger partial charge in [0, 0.05) is 18.3 Å². The SMILES string of the molecule is CCNCc1cccnc1OCCOC(C)(C)C. The molecule has 102 valence electrons. The van der Waals surface area contributed by atoms with Crippen molar-refractivity contribution in [1.29, 1.82) is 0 Å². The highest BCUT2D eigenvalue weighted by molar-refractivity contribution is 5.25. The molecule has 1 rings (SSSR count). The molecule has 0 fully saturated rings. The smallest absolute Gasteiger partial charge is 0.217 e. The third-order valence-corrected chi connectivity index (χ3v) is 2.27. The average molecular weight is 252 g/mol. The topological polar surface area (TPSA) is 43.4 Å². The highest BCUT2D eigenvalue weighted by Gasteiger charge is 2.10. The van der Waals surface area contributed by atoms with Crippen molar-refractivity contribution < 1.29 is 9.47 Å². The number of ether oxygens (including phenoxy) is 2. The Labute approximate surface area is 110 Å². The lowest BCUT2D eigenvalue weighted by Gasteiger charge is -2.19. The summed E-state index contributed by atoms with van der Waals surface area (Å²) in [5.74, 6) is 0.691. The highest BCUT2D eigenvalue weighted by atomic mass is 16.5. The molecule has 0 aromatic carbocycles. The van der Waals surface area contributed by atoms with Gasteiger partial charge in [0.1, 0.15) is 6.61 Å². The van der Waals surface area contributed by atoms with Crippen molar-refractivity contribution in [2.45, 2.75) is 39.8 Å². The highest BCUT2D eigenvalue weighted by Crippen LogP contribution is 2.14. The van der Waals surface area contributed by atoms with Gasteiger partial charge >= 0.3 is 0 Å². The first-order valence-electron chi connectivity index (χ1n) is 6.44. The van der Waals surface area contributed by atoms with E-state index in [1.54, 1.807) is 6.20 Å². The van der Waals surface area contributed by atoms with Crippen molar-refractivity contribution in [2.24, 2.45) is 0 Å². The van der Waals surface area contributed by atoms with E-state index in [4.69, 9.17) is 9.47 Å². The molecule has 1 aromatic rings. The Morgan fingerprint density at radius 3 is 2.72 bits per heavy atom. The zero-order chi connectivity index (χ0) is 13.4. The molecule has 0 amide bonds. The van der Waals surface area contributed by atoms with Gasteiger partial charge in [-0.15, -0.1) is 0 Å². The third kappa shape index (κ3) is 5.98. The minimum absolute atomic E-state index is 0.125. The van der Waals surface area contributed by atoms with E-state index >= 15 is 0 Å². The van der Waals surface area contributed by atoms with Gasteiger partial charge in [-0.25, -0.2) is 4.98 Å². The summed E-state index contributed by atoms with van der Waals surface area (Å²) in [6.07, 6.45) is 1.75. The van der Waals surface area contributed by atoms with Crippen molar-refractivity contribution >= 4 is 0 Å². The second-order valence-electron chi connectivity index (χ2n) is 5.06. The molecule has 0 saturated heterocycles. The second kappa shape index (κ2) is 7.34. The molecule has 1 heterocycles. The normalized spacial score (nSPS) is 11.6. The molecular weight excluding hydrogens is 228 g/mol. The molecule has 0 spiro atoms. The molecule has 4 heteroatoms. The maximum Gasteiger partial charge on any atom is 0.217 e. The lowest BCUT2D eigenvalue weighted by molar-refractivity contribution is -0.0169. The van der Waals surface area contributed by atoms with Gasteiger partial charge in [-0.05, 0) is 33.4 Å². The fourth-order valence-electron chi connectivity index (χ4n) is 1.43. The molecule has 0 aliphatic carbocycles. The molecule has 0 saturated carbocycles. The average Bonchev–Trinajstić information content (AvgIpc) is 2.32. The first-order chi connectivity index (χ1) is 8.53. The van der Waals surface area contributed by atoms with Crippen LogP contribution >= 0.6 is 0 Å². The van der Waals surface area contributed by atoms with Crippen molar-refractivity contribution in [2.75, 3.05) is 19.8 Å². The Morgan fingerprint density at radius 2 is 2.06 bits per heavy atom. The number of rotatable bonds is 7. The van der Waals surface area contributed by atoms with Gasteiger partial charge in [0.15, 0.2) is 0 Å². The molecule has 0 radical (unpaired) electrons. The maximum absolute atomic E-state index is 5.65. The summed E-state index contributed by atoms with van der Waals surface area (Å²) >= 11 is 0. The number of aromatic nitrogens is 1. The molecule has 18 heavy (non-hydrogen) atoms. The number of pyridine rings is 1. The molecule has 1 aromatic heterocycles. The molecular formula is C14H24N2O2. The van der Waals surface area contributed by atoms with Crippen LogP contribution < -0.4 is 10.1 Å². The van der Waals surface area contributed by atoms with Gasteiger partial charge in [-0.3, -0.25) is 0 Å². The third-order valence-electron chi connectivity index (χ3n) is 2.27. The fraction of sp³-hybridized carbons (Fsp3) is 0.643. The summed E-state index contributed by atoms with van der Waals surface area (Å²) in [5, 5.41) is 3.27. The van der Waals surface area contributed by atoms with Crippen LogP contribution in [0, 0.1) is 0 Å². The molecule has 4 nitrogen and oxygen atoms in total. The minimum Gasteiger partial charge on any atom is -0.475 e. The lowest BCUT2D eigenvalue weighted by Crippen LogP contribution is -2.23. The van der Waals surface area contributed by atoms with Gasteiger partial charge < -0.3 is 14.8 Å². The first kappa shape index (κ1) is 14.9. The molecule has 0 aliphatic heterocycles. The monoisotopic (exact) mass is 252 g/mol. The number of nitrogens with one attached hydrogen (secondary N) is 1. The Balaban J connectivity index is 2.41. The summed E-state index contributed by atoms with van der Waals surface area (Å²) < 4.78 is 11.3. The molecule has 0 bridgehead atoms. The van der Waals surface area contributed by atoms with E-state index in [1.165, 1.54) is 0 Å². The Kier molecular flexibility index (Phi) is 6.09. The van der Waals surface area contributed by atoms with Crippen LogP contribution in [0.1, 0.15) is 33.3 Å². The van der Waals surface area contributed by atoms with Crippen molar-refractivity contribution in [3.05, 3.63) is 23.9 Å². The van der Waals surface area contributed by atoms with Crippen LogP contribution in [0.4, 0.5) is 0 Å². The van der Waals surface area contributed by atoms with Crippen molar-refractivity contribution in [1.82, 2.24) is 10.3 Å². The van der Waals surface area contributed by atoms with Crippen LogP contribution in [-0.2, 0) is 11.3 Å². The largest absolute Gasteiger partial charge is 0.475 e. The van der Waals surface area contributed by atoms with Crippen LogP contribution in [0.5, 0.6) is 5.88 Å². The Morgan fingerprint density at radius 1 is 1.28 bits per heavy atom. The van der Waals surface area contributed by atoms with Gasteiger partial charge in [-0.2, -0.15) is 0 Å². The predicted molar refractivity (Wildman–Crippen MR) is 72.8 cm³/mol. The zero-order valence-corrected chi connectivity index (χ0v) is 11.8. The first-order valence-corrected chi connectivity index (χ1v) is 6.44. The van der Waals surface area contributed by atoms with Crippen LogP contribution in [0.25, 0.3) is 0 Å². The van der Waals surface area contributed by atoms with Crippen LogP contribution in [-0.4, -0.2) is 30.3 Å². The molecule has 0 atom stereocenters. The van der Waals surface area contributed by atoms with Crippen molar-refractivity contribution in [3.63, 3.8) is 0 Å². The van der Waals surface area contributed by atoms with Crippen LogP contribution in [0.15, 0.2) is 18.3 Å². The van der Waals surface area contributed by atoms with Gasteiger partial charge in [0.05, 0.1) is 12.2 Å². The zero-order valence-electron chi connectivity index (χ0n) is 11.8. The van der Waals surface area contributed by atoms with Crippen molar-refractivity contribution in [3.8, 4) is 5.88 Å². The molecule has 0 unspecified atom stereocenters. The number of nitrogens with zero attached hydrogens (tertiary/aromatic N) is 1. The number of hydrogen-bond acceptors (Lipinski definition) is 4. The van der Waals surface area contributed by atoms with E-state index in [0.717, 1.165) is 18.7 Å². The Bertz CT molecular complexity index is 348. The van der Waals surface area contributed by atoms with E-state index in [9.17, 15) is 0 Å². The van der Waals surface area contributed by atoms with E-state index in [1.807, 2.05) is 32.9 Å². The number of hydrogen-bond donors (Lipinski definition) is 1. The van der Waals surface area contributed by atoms with E-state index in [-0.39, 0.29) is 5.60 Å². The van der Waals surface area contributed by atoms with E-state index < -0.39 is 0 Å². The summed E-state index contributed by atoms with van der Waals surface area (Å²) in [6, 6.07) is 3.95. The molecule has 0 aliphatic rings. The second-order valence-corrected chi connectivity index (χ2v) is 5.06. The van der Waals surface area contributed by atoms with E-state index in [0.29, 0.717) is 19.1 Å². The fourth-order valence-corrected chi connectivity index (χ4v) is 1.43. The van der Waals surface area contributed by atoms with Crippen LogP contribution in [0.2, 0.25) is 0 Å². The Hall–Kier alpha value is -1.13. The predicted octanol–water partition coefficient (Wildman–Crippen LogP) is 2.39. The summed E-state index contributed by atoms with van der Waals surface area (Å²) in [7, 11) is 0. The van der Waals surface area contributed by atoms with Gasteiger partial charge in [0.2, 0.25) is 5.88 Å². The van der Waals surface area contributed by atoms with E-state index in [2.05, 4.69) is 17.2 Å². The maximum atomic E-state index is 5.65. The van der Waals surface area contributed by atoms with Gasteiger partial charge in [0.25, 0.3) is 0 Å². The van der Waals surface area contributed by atoms with Gasteiger partial charge in [-0.1, -0.05) is 13.0 Å². The van der Waals surface area contributed by atoms with Crippen LogP contribution in [0.3, 0.4) is 0 Å². The summed E-state index contributed by atoms with van der Waals surface area (Å²) in [4.78, 5) is 4.25. The minimum atomic E-state index is -0.125. The lowest BCUT2D eigenvalue weighted by atomic mass is 10.2.